The maximum absolute atomic E-state index is 5.53. The maximum atomic E-state index is 5.53. The summed E-state index contributed by atoms with van der Waals surface area (Å²) in [6.07, 6.45) is 3.43. The van der Waals surface area contributed by atoms with Crippen molar-refractivity contribution in [3.63, 3.8) is 0 Å². The minimum absolute atomic E-state index is 0.529. The van der Waals surface area contributed by atoms with E-state index in [2.05, 4.69) is 25.7 Å². The van der Waals surface area contributed by atoms with Crippen LogP contribution in [0.15, 0.2) is 58.3 Å². The van der Waals surface area contributed by atoms with Gasteiger partial charge in [-0.3, -0.25) is 9.67 Å². The second kappa shape index (κ2) is 7.45. The fraction of sp³-hybridized carbons (Fsp3) is 0.235. The van der Waals surface area contributed by atoms with Crippen LogP contribution in [0.4, 0.5) is 0 Å². The van der Waals surface area contributed by atoms with Crippen LogP contribution in [0.1, 0.15) is 11.4 Å². The Balaban J connectivity index is 1.54. The van der Waals surface area contributed by atoms with Crippen molar-refractivity contribution in [2.45, 2.75) is 13.1 Å². The third-order valence-electron chi connectivity index (χ3n) is 3.59. The molecule has 0 saturated carbocycles. The standard InChI is InChI=1S/C17H20N6O/c1-18-17(20-11-15-8-9-21-23(15)2)19-10-14-12-24-16(22-14)13-6-4-3-5-7-13/h3-9,12H,10-11H2,1-2H3,(H2,18,19,20). The lowest BCUT2D eigenvalue weighted by Gasteiger charge is -2.10. The highest BCUT2D eigenvalue weighted by molar-refractivity contribution is 5.79. The van der Waals surface area contributed by atoms with Gasteiger partial charge in [0.2, 0.25) is 5.89 Å². The van der Waals surface area contributed by atoms with Gasteiger partial charge in [0.15, 0.2) is 5.96 Å². The van der Waals surface area contributed by atoms with E-state index in [0.29, 0.717) is 24.9 Å². The van der Waals surface area contributed by atoms with Crippen LogP contribution < -0.4 is 10.6 Å². The van der Waals surface area contributed by atoms with Crippen molar-refractivity contribution in [3.8, 4) is 11.5 Å². The number of hydrogen-bond acceptors (Lipinski definition) is 4. The summed E-state index contributed by atoms with van der Waals surface area (Å²) in [4.78, 5) is 8.69. The highest BCUT2D eigenvalue weighted by atomic mass is 16.3. The monoisotopic (exact) mass is 324 g/mol. The molecular formula is C17H20N6O. The summed E-state index contributed by atoms with van der Waals surface area (Å²) in [6.45, 7) is 1.17. The molecule has 0 spiro atoms. The molecule has 2 N–H and O–H groups in total. The van der Waals surface area contributed by atoms with Gasteiger partial charge in [-0.1, -0.05) is 18.2 Å². The molecule has 0 radical (unpaired) electrons. The molecule has 3 rings (SSSR count). The van der Waals surface area contributed by atoms with Crippen LogP contribution in [-0.2, 0) is 20.1 Å². The molecular weight excluding hydrogens is 304 g/mol. The Hall–Kier alpha value is -3.09. The Morgan fingerprint density at radius 3 is 2.67 bits per heavy atom. The Kier molecular flexibility index (Phi) is 4.90. The fourth-order valence-electron chi connectivity index (χ4n) is 2.25. The van der Waals surface area contributed by atoms with Crippen molar-refractivity contribution in [3.05, 3.63) is 60.2 Å². The van der Waals surface area contributed by atoms with Gasteiger partial charge < -0.3 is 15.1 Å². The predicted molar refractivity (Wildman–Crippen MR) is 92.2 cm³/mol. The molecule has 3 aromatic rings. The number of nitrogens with zero attached hydrogens (tertiary/aromatic N) is 4. The minimum Gasteiger partial charge on any atom is -0.444 e. The topological polar surface area (TPSA) is 80.3 Å². The van der Waals surface area contributed by atoms with Crippen LogP contribution >= 0.6 is 0 Å². The molecule has 24 heavy (non-hydrogen) atoms. The van der Waals surface area contributed by atoms with Crippen molar-refractivity contribution >= 4 is 5.96 Å². The second-order valence-corrected chi connectivity index (χ2v) is 5.24. The van der Waals surface area contributed by atoms with Gasteiger partial charge in [-0.25, -0.2) is 4.98 Å². The molecule has 0 aliphatic carbocycles. The van der Waals surface area contributed by atoms with Gasteiger partial charge in [0.1, 0.15) is 6.26 Å². The highest BCUT2D eigenvalue weighted by Crippen LogP contribution is 2.17. The average Bonchev–Trinajstić information content (AvgIpc) is 3.25. The zero-order valence-electron chi connectivity index (χ0n) is 13.7. The molecule has 0 amide bonds. The van der Waals surface area contributed by atoms with Crippen molar-refractivity contribution in [1.82, 2.24) is 25.4 Å². The van der Waals surface area contributed by atoms with Gasteiger partial charge in [-0.05, 0) is 18.2 Å². The number of nitrogens with one attached hydrogen (secondary N) is 2. The van der Waals surface area contributed by atoms with Crippen molar-refractivity contribution in [2.24, 2.45) is 12.0 Å². The van der Waals surface area contributed by atoms with E-state index < -0.39 is 0 Å². The number of hydrogen-bond donors (Lipinski definition) is 2. The summed E-state index contributed by atoms with van der Waals surface area (Å²) < 4.78 is 7.35. The quantitative estimate of drug-likeness (QED) is 0.554. The van der Waals surface area contributed by atoms with Crippen molar-refractivity contribution in [1.29, 1.82) is 0 Å². The van der Waals surface area contributed by atoms with Crippen LogP contribution in [0.5, 0.6) is 0 Å². The Morgan fingerprint density at radius 1 is 1.17 bits per heavy atom. The second-order valence-electron chi connectivity index (χ2n) is 5.24. The third-order valence-corrected chi connectivity index (χ3v) is 3.59. The molecule has 0 bridgehead atoms. The van der Waals surface area contributed by atoms with Crippen LogP contribution in [0.25, 0.3) is 11.5 Å². The molecule has 0 fully saturated rings. The van der Waals surface area contributed by atoms with Crippen LogP contribution in [0, 0.1) is 0 Å². The predicted octanol–water partition coefficient (Wildman–Crippen LogP) is 1.94. The average molecular weight is 324 g/mol. The van der Waals surface area contributed by atoms with Gasteiger partial charge in [-0.15, -0.1) is 0 Å². The van der Waals surface area contributed by atoms with Crippen LogP contribution in [0.3, 0.4) is 0 Å². The first kappa shape index (κ1) is 15.8. The van der Waals surface area contributed by atoms with Gasteiger partial charge in [0.05, 0.1) is 24.5 Å². The Morgan fingerprint density at radius 2 is 1.96 bits per heavy atom. The summed E-state index contributed by atoms with van der Waals surface area (Å²) >= 11 is 0. The first-order chi connectivity index (χ1) is 11.8. The Bertz CT molecular complexity index is 805. The number of aryl methyl sites for hydroxylation is 1. The third kappa shape index (κ3) is 3.81. The molecule has 0 unspecified atom stereocenters. The molecule has 0 saturated heterocycles. The lowest BCUT2D eigenvalue weighted by Crippen LogP contribution is -2.36. The molecule has 2 heterocycles. The summed E-state index contributed by atoms with van der Waals surface area (Å²) in [6, 6.07) is 11.8. The SMILES string of the molecule is CN=C(NCc1coc(-c2ccccc2)n1)NCc1ccnn1C. The fourth-order valence-corrected chi connectivity index (χ4v) is 2.25. The highest BCUT2D eigenvalue weighted by Gasteiger charge is 2.07. The molecule has 0 atom stereocenters. The number of oxazole rings is 1. The molecule has 7 nitrogen and oxygen atoms in total. The molecule has 124 valence electrons. The largest absolute Gasteiger partial charge is 0.444 e. The molecule has 7 heteroatoms. The van der Waals surface area contributed by atoms with Crippen LogP contribution in [0.2, 0.25) is 0 Å². The lowest BCUT2D eigenvalue weighted by molar-refractivity contribution is 0.572. The van der Waals surface area contributed by atoms with E-state index in [-0.39, 0.29) is 0 Å². The molecule has 0 aliphatic heterocycles. The molecule has 2 aromatic heterocycles. The van der Waals surface area contributed by atoms with Gasteiger partial charge >= 0.3 is 0 Å². The van der Waals surface area contributed by atoms with E-state index in [1.807, 2.05) is 48.1 Å². The summed E-state index contributed by atoms with van der Waals surface area (Å²) in [7, 11) is 3.64. The van der Waals surface area contributed by atoms with E-state index in [1.165, 1.54) is 0 Å². The number of guanidine groups is 1. The van der Waals surface area contributed by atoms with E-state index in [9.17, 15) is 0 Å². The van der Waals surface area contributed by atoms with E-state index >= 15 is 0 Å². The van der Waals surface area contributed by atoms with E-state index in [0.717, 1.165) is 17.0 Å². The van der Waals surface area contributed by atoms with Gasteiger partial charge in [0, 0.05) is 25.9 Å². The van der Waals surface area contributed by atoms with E-state index in [1.54, 1.807) is 19.5 Å². The van der Waals surface area contributed by atoms with Gasteiger partial charge in [-0.2, -0.15) is 5.10 Å². The lowest BCUT2D eigenvalue weighted by atomic mass is 10.2. The Labute approximate surface area is 140 Å². The number of aliphatic imine (C=N–C) groups is 1. The summed E-state index contributed by atoms with van der Waals surface area (Å²) in [5.74, 6) is 1.31. The molecule has 1 aromatic carbocycles. The first-order valence-electron chi connectivity index (χ1n) is 7.67. The zero-order chi connectivity index (χ0) is 16.8. The maximum Gasteiger partial charge on any atom is 0.226 e. The number of rotatable bonds is 5. The normalized spacial score (nSPS) is 11.5. The number of benzene rings is 1. The van der Waals surface area contributed by atoms with E-state index in [4.69, 9.17) is 4.42 Å². The van der Waals surface area contributed by atoms with Gasteiger partial charge in [0.25, 0.3) is 0 Å². The van der Waals surface area contributed by atoms with Crippen LogP contribution in [-0.4, -0.2) is 27.8 Å². The smallest absolute Gasteiger partial charge is 0.226 e. The van der Waals surface area contributed by atoms with Crippen molar-refractivity contribution < 1.29 is 4.42 Å². The minimum atomic E-state index is 0.529. The number of aromatic nitrogens is 3. The zero-order valence-corrected chi connectivity index (χ0v) is 13.7. The summed E-state index contributed by atoms with van der Waals surface area (Å²) in [5.41, 5.74) is 2.85. The first-order valence-corrected chi connectivity index (χ1v) is 7.67. The van der Waals surface area contributed by atoms with Crippen molar-refractivity contribution in [2.75, 3.05) is 7.05 Å². The molecule has 0 aliphatic rings. The summed E-state index contributed by atoms with van der Waals surface area (Å²) in [5, 5.41) is 10.6.